The molecule has 186 valence electrons. The first-order valence-electron chi connectivity index (χ1n) is 10.6. The molecule has 0 unspecified atom stereocenters. The third-order valence-corrected chi connectivity index (χ3v) is 6.66. The first kappa shape index (κ1) is 26.2. The monoisotopic (exact) mass is 504 g/mol. The number of nitrogens with one attached hydrogen (secondary N) is 1. The summed E-state index contributed by atoms with van der Waals surface area (Å²) in [6.45, 7) is 3.63. The number of ether oxygens (including phenoxy) is 2. The highest BCUT2D eigenvalue weighted by atomic mass is 32.2. The Kier molecular flexibility index (Phi) is 8.18. The van der Waals surface area contributed by atoms with Gasteiger partial charge in [-0.15, -0.1) is 0 Å². The van der Waals surface area contributed by atoms with Crippen LogP contribution in [0.15, 0.2) is 54.7 Å². The third-order valence-electron chi connectivity index (χ3n) is 5.45. The summed E-state index contributed by atoms with van der Waals surface area (Å²) in [4.78, 5) is 16.7. The van der Waals surface area contributed by atoms with E-state index in [-0.39, 0.29) is 28.5 Å². The highest BCUT2D eigenvalue weighted by Gasteiger charge is 2.23. The van der Waals surface area contributed by atoms with Crippen molar-refractivity contribution >= 4 is 15.9 Å². The van der Waals surface area contributed by atoms with Crippen LogP contribution in [0.3, 0.4) is 0 Å². The fourth-order valence-corrected chi connectivity index (χ4v) is 4.60. The van der Waals surface area contributed by atoms with Crippen LogP contribution in [0, 0.1) is 6.92 Å². The molecule has 1 heterocycles. The first-order valence-corrected chi connectivity index (χ1v) is 12.3. The van der Waals surface area contributed by atoms with E-state index in [1.54, 1.807) is 50.4 Å². The number of rotatable bonds is 9. The van der Waals surface area contributed by atoms with Crippen LogP contribution < -0.4 is 9.46 Å². The Hall–Kier alpha value is -3.37. The van der Waals surface area contributed by atoms with Crippen molar-refractivity contribution in [3.05, 3.63) is 82.7 Å². The predicted octanol–water partition coefficient (Wildman–Crippen LogP) is 4.97. The zero-order valence-corrected chi connectivity index (χ0v) is 20.5. The van der Waals surface area contributed by atoms with Crippen molar-refractivity contribution in [3.8, 4) is 16.9 Å². The van der Waals surface area contributed by atoms with Crippen LogP contribution in [-0.4, -0.2) is 33.5 Å². The van der Waals surface area contributed by atoms with Gasteiger partial charge in [-0.2, -0.15) is 0 Å². The fraction of sp³-hybridized carbons (Fsp3) is 0.280. The molecule has 0 saturated carbocycles. The van der Waals surface area contributed by atoms with E-state index in [1.165, 1.54) is 13.2 Å². The zero-order chi connectivity index (χ0) is 25.8. The SMILES string of the molecule is COc1cnc(C(F)F)cc1-c1cc(C)ccc1C(=O)NS(=O)(=O)Cc1ccc([C@H](C)OC)cc1. The Morgan fingerprint density at radius 3 is 2.34 bits per heavy atom. The summed E-state index contributed by atoms with van der Waals surface area (Å²) in [5.41, 5.74) is 2.06. The van der Waals surface area contributed by atoms with E-state index in [4.69, 9.17) is 9.47 Å². The van der Waals surface area contributed by atoms with Gasteiger partial charge < -0.3 is 9.47 Å². The number of methoxy groups -OCH3 is 2. The predicted molar refractivity (Wildman–Crippen MR) is 128 cm³/mol. The Labute approximate surface area is 203 Å². The normalized spacial score (nSPS) is 12.4. The van der Waals surface area contributed by atoms with Gasteiger partial charge in [-0.3, -0.25) is 9.78 Å². The number of hydrogen-bond donors (Lipinski definition) is 1. The second kappa shape index (κ2) is 10.9. The fourth-order valence-electron chi connectivity index (χ4n) is 3.50. The molecule has 1 aromatic heterocycles. The highest BCUT2D eigenvalue weighted by Crippen LogP contribution is 2.35. The maximum absolute atomic E-state index is 13.3. The molecule has 0 aliphatic carbocycles. The van der Waals surface area contributed by atoms with E-state index < -0.39 is 33.8 Å². The van der Waals surface area contributed by atoms with Crippen LogP contribution in [0.5, 0.6) is 5.75 Å². The van der Waals surface area contributed by atoms with Crippen LogP contribution in [0.25, 0.3) is 11.1 Å². The van der Waals surface area contributed by atoms with E-state index >= 15 is 0 Å². The number of aryl methyl sites for hydroxylation is 1. The van der Waals surface area contributed by atoms with Crippen molar-refractivity contribution < 1.29 is 31.5 Å². The standard InChI is InChI=1S/C25H26F2N2O5S/c1-15-5-10-19(20(11-15)21-12-22(24(26)27)28-13-23(21)34-4)25(30)29-35(31,32)14-17-6-8-18(9-7-17)16(2)33-3/h5-13,16,24H,14H2,1-4H3,(H,29,30)/t16-/m0/s1. The lowest BCUT2D eigenvalue weighted by Gasteiger charge is -2.15. The van der Waals surface area contributed by atoms with Gasteiger partial charge in [0, 0.05) is 18.2 Å². The molecule has 1 N–H and O–H groups in total. The van der Waals surface area contributed by atoms with Gasteiger partial charge in [0.15, 0.2) is 0 Å². The summed E-state index contributed by atoms with van der Waals surface area (Å²) >= 11 is 0. The summed E-state index contributed by atoms with van der Waals surface area (Å²) in [6.07, 6.45) is -1.83. The molecule has 35 heavy (non-hydrogen) atoms. The summed E-state index contributed by atoms with van der Waals surface area (Å²) < 4.78 is 64.6. The van der Waals surface area contributed by atoms with E-state index in [0.29, 0.717) is 5.56 Å². The third kappa shape index (κ3) is 6.40. The van der Waals surface area contributed by atoms with Gasteiger partial charge in [-0.05, 0) is 42.7 Å². The molecule has 0 spiro atoms. The van der Waals surface area contributed by atoms with Crippen molar-refractivity contribution in [1.29, 1.82) is 0 Å². The number of nitrogens with zero attached hydrogens (tertiary/aromatic N) is 1. The number of sulfonamides is 1. The molecule has 3 aromatic rings. The van der Waals surface area contributed by atoms with E-state index in [9.17, 15) is 22.0 Å². The smallest absolute Gasteiger partial charge is 0.280 e. The molecule has 0 bridgehead atoms. The van der Waals surface area contributed by atoms with Crippen molar-refractivity contribution in [2.45, 2.75) is 32.1 Å². The van der Waals surface area contributed by atoms with Gasteiger partial charge in [-0.25, -0.2) is 21.9 Å². The topological polar surface area (TPSA) is 94.6 Å². The molecule has 0 aliphatic rings. The number of benzene rings is 2. The molecule has 1 amide bonds. The minimum absolute atomic E-state index is 0.00633. The molecule has 0 fully saturated rings. The summed E-state index contributed by atoms with van der Waals surface area (Å²) in [5.74, 6) is -1.14. The summed E-state index contributed by atoms with van der Waals surface area (Å²) in [7, 11) is -1.14. The highest BCUT2D eigenvalue weighted by molar-refractivity contribution is 7.89. The lowest BCUT2D eigenvalue weighted by Crippen LogP contribution is -2.32. The zero-order valence-electron chi connectivity index (χ0n) is 19.7. The number of halogens is 2. The van der Waals surface area contributed by atoms with Crippen LogP contribution >= 0.6 is 0 Å². The molecule has 10 heteroatoms. The quantitative estimate of drug-likeness (QED) is 0.442. The number of carbonyl (C=O) groups is 1. The van der Waals surface area contributed by atoms with Crippen molar-refractivity contribution in [3.63, 3.8) is 0 Å². The molecule has 2 aromatic carbocycles. The van der Waals surface area contributed by atoms with Gasteiger partial charge in [0.2, 0.25) is 10.0 Å². The number of hydrogen-bond acceptors (Lipinski definition) is 6. The number of pyridine rings is 1. The Bertz CT molecular complexity index is 1310. The molecule has 7 nitrogen and oxygen atoms in total. The van der Waals surface area contributed by atoms with Gasteiger partial charge in [0.1, 0.15) is 11.4 Å². The van der Waals surface area contributed by atoms with Crippen molar-refractivity contribution in [2.24, 2.45) is 0 Å². The molecular weight excluding hydrogens is 478 g/mol. The first-order chi connectivity index (χ1) is 16.5. The Morgan fingerprint density at radius 2 is 1.74 bits per heavy atom. The maximum Gasteiger partial charge on any atom is 0.280 e. The van der Waals surface area contributed by atoms with Crippen molar-refractivity contribution in [2.75, 3.05) is 14.2 Å². The Balaban J connectivity index is 1.91. The van der Waals surface area contributed by atoms with E-state index in [0.717, 1.165) is 23.4 Å². The average molecular weight is 505 g/mol. The maximum atomic E-state index is 13.3. The average Bonchev–Trinajstić information content (AvgIpc) is 2.82. The second-order valence-corrected chi connectivity index (χ2v) is 9.69. The molecule has 0 radical (unpaired) electrons. The number of aromatic nitrogens is 1. The van der Waals surface area contributed by atoms with E-state index in [2.05, 4.69) is 9.71 Å². The molecular formula is C25H26F2N2O5S. The molecule has 3 rings (SSSR count). The molecule has 1 atom stereocenters. The van der Waals surface area contributed by atoms with Gasteiger partial charge >= 0.3 is 0 Å². The molecule has 0 saturated heterocycles. The van der Waals surface area contributed by atoms with Gasteiger partial charge in [-0.1, -0.05) is 42.0 Å². The van der Waals surface area contributed by atoms with Crippen LogP contribution in [0.2, 0.25) is 0 Å². The second-order valence-electron chi connectivity index (χ2n) is 7.97. The minimum Gasteiger partial charge on any atom is -0.494 e. The largest absolute Gasteiger partial charge is 0.494 e. The van der Waals surface area contributed by atoms with Gasteiger partial charge in [0.25, 0.3) is 12.3 Å². The summed E-state index contributed by atoms with van der Waals surface area (Å²) in [5, 5.41) is 0. The van der Waals surface area contributed by atoms with Crippen molar-refractivity contribution in [1.82, 2.24) is 9.71 Å². The van der Waals surface area contributed by atoms with Crippen LogP contribution in [0.1, 0.15) is 52.2 Å². The van der Waals surface area contributed by atoms with E-state index in [1.807, 2.05) is 6.92 Å². The number of alkyl halides is 2. The summed E-state index contributed by atoms with van der Waals surface area (Å²) in [6, 6.07) is 12.6. The van der Waals surface area contributed by atoms with Crippen LogP contribution in [-0.2, 0) is 20.5 Å². The lowest BCUT2D eigenvalue weighted by atomic mass is 9.96. The Morgan fingerprint density at radius 1 is 1.06 bits per heavy atom. The number of carbonyl (C=O) groups excluding carboxylic acids is 1. The lowest BCUT2D eigenvalue weighted by molar-refractivity contribution is 0.0982. The molecule has 0 aliphatic heterocycles. The number of amides is 1. The van der Waals surface area contributed by atoms with Crippen LogP contribution in [0.4, 0.5) is 8.78 Å². The van der Waals surface area contributed by atoms with Gasteiger partial charge in [0.05, 0.1) is 25.2 Å². The minimum atomic E-state index is -4.06.